The first-order valence-electron chi connectivity index (χ1n) is 5.29. The van der Waals surface area contributed by atoms with Gasteiger partial charge in [0.25, 0.3) is 0 Å². The highest BCUT2D eigenvalue weighted by atomic mass is 35.5. The minimum absolute atomic E-state index is 0.681. The first-order valence-corrected chi connectivity index (χ1v) is 6.81. The predicted octanol–water partition coefficient (Wildman–Crippen LogP) is 1.94. The Balaban J connectivity index is 2.15. The fourth-order valence-electron chi connectivity index (χ4n) is 1.45. The van der Waals surface area contributed by atoms with Gasteiger partial charge >= 0.3 is 0 Å². The van der Waals surface area contributed by atoms with Crippen LogP contribution in [0.15, 0.2) is 17.6 Å². The van der Waals surface area contributed by atoms with Gasteiger partial charge in [-0.25, -0.2) is 0 Å². The molecule has 7 heteroatoms. The van der Waals surface area contributed by atoms with E-state index in [1.54, 1.807) is 22.6 Å². The van der Waals surface area contributed by atoms with Gasteiger partial charge in [0.2, 0.25) is 0 Å². The SMILES string of the molecule is Cn1cc(-c2nnc(SCCCCl)n2C)cn1. The van der Waals surface area contributed by atoms with Crippen molar-refractivity contribution >= 4 is 23.4 Å². The highest BCUT2D eigenvalue weighted by Crippen LogP contribution is 2.22. The Labute approximate surface area is 109 Å². The lowest BCUT2D eigenvalue weighted by atomic mass is 10.3. The maximum Gasteiger partial charge on any atom is 0.191 e. The van der Waals surface area contributed by atoms with Gasteiger partial charge in [0.1, 0.15) is 0 Å². The van der Waals surface area contributed by atoms with Crippen LogP contribution in [0.4, 0.5) is 0 Å². The van der Waals surface area contributed by atoms with Gasteiger partial charge in [-0.3, -0.25) is 4.68 Å². The summed E-state index contributed by atoms with van der Waals surface area (Å²) in [5.74, 6) is 2.48. The van der Waals surface area contributed by atoms with Crippen LogP contribution in [0.5, 0.6) is 0 Å². The standard InChI is InChI=1S/C10H14ClN5S/c1-15-7-8(6-12-15)9-13-14-10(16(9)2)17-5-3-4-11/h6-7H,3-5H2,1-2H3. The van der Waals surface area contributed by atoms with Gasteiger partial charge in [-0.1, -0.05) is 11.8 Å². The molecule has 2 rings (SSSR count). The van der Waals surface area contributed by atoms with Crippen LogP contribution in [0.25, 0.3) is 11.4 Å². The van der Waals surface area contributed by atoms with Crippen LogP contribution in [0.2, 0.25) is 0 Å². The highest BCUT2D eigenvalue weighted by Gasteiger charge is 2.11. The number of hydrogen-bond donors (Lipinski definition) is 0. The van der Waals surface area contributed by atoms with Gasteiger partial charge in [0.05, 0.1) is 11.8 Å². The summed E-state index contributed by atoms with van der Waals surface area (Å²) in [4.78, 5) is 0. The van der Waals surface area contributed by atoms with Gasteiger partial charge in [0, 0.05) is 31.9 Å². The predicted molar refractivity (Wildman–Crippen MR) is 69.3 cm³/mol. The van der Waals surface area contributed by atoms with Crippen LogP contribution >= 0.6 is 23.4 Å². The van der Waals surface area contributed by atoms with Crippen molar-refractivity contribution in [3.8, 4) is 11.4 Å². The van der Waals surface area contributed by atoms with Gasteiger partial charge < -0.3 is 4.57 Å². The molecule has 0 N–H and O–H groups in total. The Hall–Kier alpha value is -1.01. The van der Waals surface area contributed by atoms with E-state index in [0.29, 0.717) is 5.88 Å². The molecule has 2 aromatic heterocycles. The first kappa shape index (κ1) is 12.4. The van der Waals surface area contributed by atoms with Crippen molar-refractivity contribution < 1.29 is 0 Å². The van der Waals surface area contributed by atoms with Crippen molar-refractivity contribution in [3.05, 3.63) is 12.4 Å². The largest absolute Gasteiger partial charge is 0.305 e. The van der Waals surface area contributed by atoms with Crippen molar-refractivity contribution in [2.75, 3.05) is 11.6 Å². The van der Waals surface area contributed by atoms with Gasteiger partial charge in [-0.15, -0.1) is 21.8 Å². The van der Waals surface area contributed by atoms with Crippen LogP contribution < -0.4 is 0 Å². The molecule has 0 saturated carbocycles. The summed E-state index contributed by atoms with van der Waals surface area (Å²) >= 11 is 7.32. The lowest BCUT2D eigenvalue weighted by molar-refractivity contribution is 0.767. The molecule has 0 spiro atoms. The Morgan fingerprint density at radius 1 is 1.35 bits per heavy atom. The van der Waals surface area contributed by atoms with Crippen molar-refractivity contribution in [2.24, 2.45) is 14.1 Å². The van der Waals surface area contributed by atoms with E-state index in [2.05, 4.69) is 15.3 Å². The molecule has 5 nitrogen and oxygen atoms in total. The molecule has 0 unspecified atom stereocenters. The maximum atomic E-state index is 5.64. The zero-order valence-electron chi connectivity index (χ0n) is 9.80. The summed E-state index contributed by atoms with van der Waals surface area (Å²) in [6.07, 6.45) is 4.69. The van der Waals surface area contributed by atoms with Crippen molar-refractivity contribution in [1.29, 1.82) is 0 Å². The summed E-state index contributed by atoms with van der Waals surface area (Å²) in [5.41, 5.74) is 0.978. The van der Waals surface area contributed by atoms with E-state index < -0.39 is 0 Å². The first-order chi connectivity index (χ1) is 8.22. The molecular formula is C10H14ClN5S. The third-order valence-corrected chi connectivity index (χ3v) is 3.68. The fraction of sp³-hybridized carbons (Fsp3) is 0.500. The monoisotopic (exact) mass is 271 g/mol. The van der Waals surface area contributed by atoms with E-state index in [1.807, 2.05) is 24.9 Å². The van der Waals surface area contributed by atoms with E-state index in [4.69, 9.17) is 11.6 Å². The van der Waals surface area contributed by atoms with E-state index in [9.17, 15) is 0 Å². The van der Waals surface area contributed by atoms with Crippen LogP contribution in [0, 0.1) is 0 Å². The number of aromatic nitrogens is 5. The average Bonchev–Trinajstić information content (AvgIpc) is 2.87. The third kappa shape index (κ3) is 2.81. The van der Waals surface area contributed by atoms with Crippen LogP contribution in [-0.4, -0.2) is 36.2 Å². The van der Waals surface area contributed by atoms with E-state index in [1.165, 1.54) is 0 Å². The number of halogens is 1. The summed E-state index contributed by atoms with van der Waals surface area (Å²) in [6, 6.07) is 0. The summed E-state index contributed by atoms with van der Waals surface area (Å²) in [5, 5.41) is 13.4. The average molecular weight is 272 g/mol. The van der Waals surface area contributed by atoms with Crippen molar-refractivity contribution in [1.82, 2.24) is 24.5 Å². The molecule has 2 heterocycles. The minimum Gasteiger partial charge on any atom is -0.305 e. The molecule has 0 atom stereocenters. The van der Waals surface area contributed by atoms with Gasteiger partial charge in [-0.2, -0.15) is 5.10 Å². The summed E-state index contributed by atoms with van der Waals surface area (Å²) in [6.45, 7) is 0. The molecule has 0 aliphatic rings. The smallest absolute Gasteiger partial charge is 0.191 e. The Morgan fingerprint density at radius 3 is 2.82 bits per heavy atom. The molecule has 0 radical (unpaired) electrons. The van der Waals surface area contributed by atoms with Crippen molar-refractivity contribution in [2.45, 2.75) is 11.6 Å². The number of rotatable bonds is 5. The topological polar surface area (TPSA) is 48.5 Å². The number of thioether (sulfide) groups is 1. The maximum absolute atomic E-state index is 5.64. The lowest BCUT2D eigenvalue weighted by Crippen LogP contribution is -1.95. The number of alkyl halides is 1. The normalized spacial score (nSPS) is 11.0. The second-order valence-electron chi connectivity index (χ2n) is 3.66. The molecular weight excluding hydrogens is 258 g/mol. The Kier molecular flexibility index (Phi) is 4.06. The minimum atomic E-state index is 0.681. The molecule has 17 heavy (non-hydrogen) atoms. The summed E-state index contributed by atoms with van der Waals surface area (Å²) in [7, 11) is 3.85. The quantitative estimate of drug-likeness (QED) is 0.474. The second kappa shape index (κ2) is 5.55. The van der Waals surface area contributed by atoms with E-state index in [-0.39, 0.29) is 0 Å². The molecule has 2 aromatic rings. The van der Waals surface area contributed by atoms with Crippen LogP contribution in [0.3, 0.4) is 0 Å². The number of hydrogen-bond acceptors (Lipinski definition) is 4. The lowest BCUT2D eigenvalue weighted by Gasteiger charge is -2.01. The Morgan fingerprint density at radius 2 is 2.18 bits per heavy atom. The van der Waals surface area contributed by atoms with Crippen LogP contribution in [0.1, 0.15) is 6.42 Å². The fourth-order valence-corrected chi connectivity index (χ4v) is 2.59. The molecule has 0 aromatic carbocycles. The number of aryl methyl sites for hydroxylation is 1. The number of nitrogens with zero attached hydrogens (tertiary/aromatic N) is 5. The van der Waals surface area contributed by atoms with E-state index in [0.717, 1.165) is 28.7 Å². The molecule has 0 amide bonds. The molecule has 92 valence electrons. The van der Waals surface area contributed by atoms with Crippen molar-refractivity contribution in [3.63, 3.8) is 0 Å². The Bertz CT molecular complexity index is 493. The van der Waals surface area contributed by atoms with Gasteiger partial charge in [0.15, 0.2) is 11.0 Å². The zero-order chi connectivity index (χ0) is 12.3. The molecule has 0 saturated heterocycles. The molecule has 0 fully saturated rings. The van der Waals surface area contributed by atoms with Gasteiger partial charge in [-0.05, 0) is 6.42 Å². The third-order valence-electron chi connectivity index (χ3n) is 2.31. The molecule has 0 aliphatic heterocycles. The zero-order valence-corrected chi connectivity index (χ0v) is 11.4. The van der Waals surface area contributed by atoms with Crippen LogP contribution in [-0.2, 0) is 14.1 Å². The highest BCUT2D eigenvalue weighted by molar-refractivity contribution is 7.99. The molecule has 0 bridgehead atoms. The summed E-state index contributed by atoms with van der Waals surface area (Å²) < 4.78 is 3.74. The second-order valence-corrected chi connectivity index (χ2v) is 5.10. The van der Waals surface area contributed by atoms with E-state index >= 15 is 0 Å². The molecule has 0 aliphatic carbocycles.